The van der Waals surface area contributed by atoms with E-state index in [1.165, 1.54) is 0 Å². The van der Waals surface area contributed by atoms with E-state index in [0.29, 0.717) is 24.2 Å². The molecular weight excluding hydrogens is 280 g/mol. The molecule has 2 amide bonds. The van der Waals surface area contributed by atoms with E-state index in [4.69, 9.17) is 0 Å². The summed E-state index contributed by atoms with van der Waals surface area (Å²) in [5.41, 5.74) is 2.73. The average Bonchev–Trinajstić information content (AvgIpc) is 3.07. The third-order valence-corrected chi connectivity index (χ3v) is 4.00. The number of nitrogens with one attached hydrogen (secondary N) is 1. The van der Waals surface area contributed by atoms with Gasteiger partial charge in [0.25, 0.3) is 5.91 Å². The lowest BCUT2D eigenvalue weighted by Gasteiger charge is -2.19. The lowest BCUT2D eigenvalue weighted by Crippen LogP contribution is -2.25. The molecule has 1 aromatic carbocycles. The van der Waals surface area contributed by atoms with Crippen molar-refractivity contribution < 1.29 is 9.59 Å². The molecule has 1 aromatic heterocycles. The molecule has 6 heteroatoms. The Morgan fingerprint density at radius 1 is 1.32 bits per heavy atom. The van der Waals surface area contributed by atoms with Gasteiger partial charge in [-0.05, 0) is 25.5 Å². The fourth-order valence-electron chi connectivity index (χ4n) is 2.63. The molecule has 6 nitrogen and oxygen atoms in total. The molecule has 1 aliphatic rings. The van der Waals surface area contributed by atoms with Gasteiger partial charge in [0.05, 0.1) is 23.1 Å². The Bertz CT molecular complexity index is 735. The van der Waals surface area contributed by atoms with Gasteiger partial charge >= 0.3 is 0 Å². The van der Waals surface area contributed by atoms with E-state index in [-0.39, 0.29) is 11.8 Å². The molecule has 3 rings (SSSR count). The maximum atomic E-state index is 12.4. The van der Waals surface area contributed by atoms with E-state index in [0.717, 1.165) is 17.8 Å². The van der Waals surface area contributed by atoms with Crippen molar-refractivity contribution in [1.82, 2.24) is 9.78 Å². The van der Waals surface area contributed by atoms with Crippen LogP contribution >= 0.6 is 0 Å². The van der Waals surface area contributed by atoms with Crippen LogP contribution in [-0.4, -0.2) is 28.1 Å². The lowest BCUT2D eigenvalue weighted by molar-refractivity contribution is -0.117. The number of carbonyl (C=O) groups excluding carboxylic acids is 2. The Morgan fingerprint density at radius 2 is 2.09 bits per heavy atom. The van der Waals surface area contributed by atoms with Crippen molar-refractivity contribution in [2.45, 2.75) is 19.8 Å². The van der Waals surface area contributed by atoms with E-state index in [2.05, 4.69) is 10.4 Å². The maximum Gasteiger partial charge on any atom is 0.259 e. The van der Waals surface area contributed by atoms with Gasteiger partial charge in [0, 0.05) is 25.7 Å². The van der Waals surface area contributed by atoms with Crippen LogP contribution in [0, 0.1) is 6.92 Å². The monoisotopic (exact) mass is 298 g/mol. The number of amides is 2. The second-order valence-corrected chi connectivity index (χ2v) is 5.39. The Hall–Kier alpha value is -2.63. The fourth-order valence-corrected chi connectivity index (χ4v) is 2.63. The summed E-state index contributed by atoms with van der Waals surface area (Å²) >= 11 is 0. The fraction of sp³-hybridized carbons (Fsp3) is 0.312. The Labute approximate surface area is 128 Å². The minimum atomic E-state index is -0.218. The third kappa shape index (κ3) is 2.47. The number of aromatic nitrogens is 2. The van der Waals surface area contributed by atoms with Crippen LogP contribution in [0.4, 0.5) is 11.4 Å². The molecule has 2 heterocycles. The molecule has 1 saturated heterocycles. The van der Waals surface area contributed by atoms with Crippen LogP contribution in [0.25, 0.3) is 0 Å². The van der Waals surface area contributed by atoms with Crippen LogP contribution < -0.4 is 10.2 Å². The van der Waals surface area contributed by atoms with Gasteiger partial charge in [-0.3, -0.25) is 14.3 Å². The zero-order valence-electron chi connectivity index (χ0n) is 12.7. The average molecular weight is 298 g/mol. The quantitative estimate of drug-likeness (QED) is 0.943. The largest absolute Gasteiger partial charge is 0.320 e. The first-order valence-corrected chi connectivity index (χ1v) is 7.27. The highest BCUT2D eigenvalue weighted by atomic mass is 16.2. The van der Waals surface area contributed by atoms with Crippen LogP contribution in [-0.2, 0) is 11.8 Å². The van der Waals surface area contributed by atoms with Crippen molar-refractivity contribution >= 4 is 23.2 Å². The zero-order chi connectivity index (χ0) is 15.7. The molecular formula is C16H18N4O2. The predicted octanol–water partition coefficient (Wildman–Crippen LogP) is 2.11. The smallest absolute Gasteiger partial charge is 0.259 e. The van der Waals surface area contributed by atoms with Crippen LogP contribution in [0.5, 0.6) is 0 Å². The Morgan fingerprint density at radius 3 is 2.73 bits per heavy atom. The van der Waals surface area contributed by atoms with Gasteiger partial charge in [-0.2, -0.15) is 5.10 Å². The summed E-state index contributed by atoms with van der Waals surface area (Å²) in [6.07, 6.45) is 2.96. The van der Waals surface area contributed by atoms with E-state index < -0.39 is 0 Å². The van der Waals surface area contributed by atoms with E-state index in [1.54, 1.807) is 22.8 Å². The third-order valence-electron chi connectivity index (χ3n) is 4.00. The summed E-state index contributed by atoms with van der Waals surface area (Å²) in [7, 11) is 1.79. The summed E-state index contributed by atoms with van der Waals surface area (Å²) in [6, 6.07) is 7.38. The molecule has 22 heavy (non-hydrogen) atoms. The second-order valence-electron chi connectivity index (χ2n) is 5.39. The number of anilines is 2. The van der Waals surface area contributed by atoms with Crippen molar-refractivity contribution in [2.75, 3.05) is 16.8 Å². The molecule has 1 fully saturated rings. The highest BCUT2D eigenvalue weighted by Crippen LogP contribution is 2.29. The molecule has 0 spiro atoms. The SMILES string of the molecule is Cc1c(C(=O)Nc2ccccc2N2CCCC2=O)cnn1C. The molecule has 0 atom stereocenters. The molecule has 1 aliphatic heterocycles. The van der Waals surface area contributed by atoms with Gasteiger partial charge in [0.15, 0.2) is 0 Å². The first-order valence-electron chi connectivity index (χ1n) is 7.27. The van der Waals surface area contributed by atoms with E-state index in [9.17, 15) is 9.59 Å². The summed E-state index contributed by atoms with van der Waals surface area (Å²) in [5, 5.41) is 6.97. The number of carbonyl (C=O) groups is 2. The van der Waals surface area contributed by atoms with Crippen LogP contribution in [0.2, 0.25) is 0 Å². The molecule has 1 N–H and O–H groups in total. The first-order chi connectivity index (χ1) is 10.6. The molecule has 0 aliphatic carbocycles. The Balaban J connectivity index is 1.88. The molecule has 114 valence electrons. The number of benzene rings is 1. The van der Waals surface area contributed by atoms with Crippen molar-refractivity contribution in [3.63, 3.8) is 0 Å². The van der Waals surface area contributed by atoms with Crippen LogP contribution in [0.3, 0.4) is 0 Å². The lowest BCUT2D eigenvalue weighted by atomic mass is 10.2. The molecule has 0 unspecified atom stereocenters. The van der Waals surface area contributed by atoms with Gasteiger partial charge in [-0.15, -0.1) is 0 Å². The van der Waals surface area contributed by atoms with Crippen molar-refractivity contribution in [3.05, 3.63) is 41.7 Å². The van der Waals surface area contributed by atoms with Crippen LogP contribution in [0.15, 0.2) is 30.5 Å². The molecule has 2 aromatic rings. The summed E-state index contributed by atoms with van der Waals surface area (Å²) < 4.78 is 1.66. The van der Waals surface area contributed by atoms with Gasteiger partial charge in [0.1, 0.15) is 0 Å². The highest BCUT2D eigenvalue weighted by molar-refractivity contribution is 6.08. The zero-order valence-corrected chi connectivity index (χ0v) is 12.7. The van der Waals surface area contributed by atoms with Crippen molar-refractivity contribution in [2.24, 2.45) is 7.05 Å². The number of para-hydroxylation sites is 2. The topological polar surface area (TPSA) is 67.2 Å². The Kier molecular flexibility index (Phi) is 3.66. The number of rotatable bonds is 3. The summed E-state index contributed by atoms with van der Waals surface area (Å²) in [4.78, 5) is 26.1. The summed E-state index contributed by atoms with van der Waals surface area (Å²) in [5.74, 6) is -0.121. The minimum Gasteiger partial charge on any atom is -0.320 e. The highest BCUT2D eigenvalue weighted by Gasteiger charge is 2.24. The molecule has 0 saturated carbocycles. The minimum absolute atomic E-state index is 0.0965. The number of hydrogen-bond donors (Lipinski definition) is 1. The number of nitrogens with zero attached hydrogens (tertiary/aromatic N) is 3. The first kappa shape index (κ1) is 14.3. The van der Waals surface area contributed by atoms with Gasteiger partial charge in [0.2, 0.25) is 5.91 Å². The van der Waals surface area contributed by atoms with E-state index >= 15 is 0 Å². The predicted molar refractivity (Wildman–Crippen MR) is 83.9 cm³/mol. The molecule has 0 radical (unpaired) electrons. The second kappa shape index (κ2) is 5.63. The normalized spacial score (nSPS) is 14.5. The van der Waals surface area contributed by atoms with Gasteiger partial charge in [-0.25, -0.2) is 0 Å². The standard InChI is InChI=1S/C16H18N4O2/c1-11-12(10-17-19(11)2)16(22)18-13-6-3-4-7-14(13)20-9-5-8-15(20)21/h3-4,6-7,10H,5,8-9H2,1-2H3,(H,18,22). The van der Waals surface area contributed by atoms with E-state index in [1.807, 2.05) is 31.2 Å². The molecule has 0 bridgehead atoms. The number of hydrogen-bond acceptors (Lipinski definition) is 3. The van der Waals surface area contributed by atoms with Gasteiger partial charge < -0.3 is 10.2 Å². The summed E-state index contributed by atoms with van der Waals surface area (Å²) in [6.45, 7) is 2.54. The van der Waals surface area contributed by atoms with Gasteiger partial charge in [-0.1, -0.05) is 12.1 Å². The van der Waals surface area contributed by atoms with Crippen molar-refractivity contribution in [1.29, 1.82) is 0 Å². The number of aryl methyl sites for hydroxylation is 1. The van der Waals surface area contributed by atoms with Crippen molar-refractivity contribution in [3.8, 4) is 0 Å². The van der Waals surface area contributed by atoms with Crippen LogP contribution in [0.1, 0.15) is 28.9 Å². The maximum absolute atomic E-state index is 12.4.